The van der Waals surface area contributed by atoms with Gasteiger partial charge in [-0.25, -0.2) is 0 Å². The standard InChI is InChI=1S/C26H34F3N5O/c1-32-13-15-33(16-14-32)19-25(35)30-18-20-5-6-22(17-24(20)26(27,28)29)31-21-7-9-23(10-8-21)34-11-3-2-4-12-34/h5-10,17,31H,2-4,11-16,18-19H2,1H3,(H,30,35). The Morgan fingerprint density at radius 2 is 1.54 bits per heavy atom. The minimum absolute atomic E-state index is 0.0511. The Hall–Kier alpha value is -2.78. The molecule has 35 heavy (non-hydrogen) atoms. The molecule has 2 aromatic carbocycles. The number of amides is 1. The molecular formula is C26H34F3N5O. The van der Waals surface area contributed by atoms with E-state index >= 15 is 0 Å². The summed E-state index contributed by atoms with van der Waals surface area (Å²) >= 11 is 0. The van der Waals surface area contributed by atoms with Gasteiger partial charge in [0.1, 0.15) is 0 Å². The first-order chi connectivity index (χ1) is 16.8. The summed E-state index contributed by atoms with van der Waals surface area (Å²) in [6.07, 6.45) is -0.896. The van der Waals surface area contributed by atoms with E-state index in [1.807, 2.05) is 36.2 Å². The van der Waals surface area contributed by atoms with Crippen LogP contribution in [0.25, 0.3) is 0 Å². The molecule has 0 atom stereocenters. The average molecular weight is 490 g/mol. The highest BCUT2D eigenvalue weighted by molar-refractivity contribution is 5.78. The van der Waals surface area contributed by atoms with Crippen LogP contribution in [-0.4, -0.2) is 68.6 Å². The number of carbonyl (C=O) groups is 1. The van der Waals surface area contributed by atoms with Gasteiger partial charge >= 0.3 is 6.18 Å². The second kappa shape index (κ2) is 11.3. The first kappa shape index (κ1) is 25.3. The molecule has 2 fully saturated rings. The molecule has 2 saturated heterocycles. The summed E-state index contributed by atoms with van der Waals surface area (Å²) in [5, 5.41) is 5.74. The van der Waals surface area contributed by atoms with E-state index in [0.29, 0.717) is 5.69 Å². The molecule has 2 aliphatic rings. The van der Waals surface area contributed by atoms with Gasteiger partial charge < -0.3 is 20.4 Å². The van der Waals surface area contributed by atoms with E-state index in [1.54, 1.807) is 6.07 Å². The molecule has 2 aliphatic heterocycles. The predicted octanol–water partition coefficient (Wildman–Crippen LogP) is 4.30. The van der Waals surface area contributed by atoms with Crippen molar-refractivity contribution in [3.8, 4) is 0 Å². The lowest BCUT2D eigenvalue weighted by Gasteiger charge is -2.31. The first-order valence-electron chi connectivity index (χ1n) is 12.3. The molecule has 0 bridgehead atoms. The van der Waals surface area contributed by atoms with Crippen LogP contribution in [0.4, 0.5) is 30.2 Å². The number of rotatable bonds is 7. The number of hydrogen-bond acceptors (Lipinski definition) is 5. The van der Waals surface area contributed by atoms with Crippen LogP contribution >= 0.6 is 0 Å². The second-order valence-corrected chi connectivity index (χ2v) is 9.45. The third-order valence-electron chi connectivity index (χ3n) is 6.73. The number of nitrogens with zero attached hydrogens (tertiary/aromatic N) is 3. The van der Waals surface area contributed by atoms with Crippen LogP contribution in [-0.2, 0) is 17.5 Å². The van der Waals surface area contributed by atoms with Crippen LogP contribution in [0.5, 0.6) is 0 Å². The van der Waals surface area contributed by atoms with Gasteiger partial charge in [-0.2, -0.15) is 13.2 Å². The molecule has 4 rings (SSSR count). The molecule has 2 aromatic rings. The summed E-state index contributed by atoms with van der Waals surface area (Å²) in [5.74, 6) is -0.265. The van der Waals surface area contributed by atoms with E-state index in [9.17, 15) is 18.0 Å². The molecule has 0 saturated carbocycles. The molecule has 2 heterocycles. The molecule has 0 aliphatic carbocycles. The van der Waals surface area contributed by atoms with Crippen LogP contribution in [0.1, 0.15) is 30.4 Å². The lowest BCUT2D eigenvalue weighted by atomic mass is 10.1. The highest BCUT2D eigenvalue weighted by atomic mass is 19.4. The van der Waals surface area contributed by atoms with Crippen molar-refractivity contribution in [3.05, 3.63) is 53.6 Å². The SMILES string of the molecule is CN1CCN(CC(=O)NCc2ccc(Nc3ccc(N4CCCCC4)cc3)cc2C(F)(F)F)CC1. The summed E-state index contributed by atoms with van der Waals surface area (Å²) in [6.45, 7) is 5.41. The third-order valence-corrected chi connectivity index (χ3v) is 6.73. The minimum atomic E-state index is -4.52. The number of nitrogens with one attached hydrogen (secondary N) is 2. The van der Waals surface area contributed by atoms with Gasteiger partial charge in [-0.05, 0) is 68.3 Å². The van der Waals surface area contributed by atoms with E-state index in [0.717, 1.165) is 56.7 Å². The zero-order chi connectivity index (χ0) is 24.8. The molecule has 9 heteroatoms. The van der Waals surface area contributed by atoms with Gasteiger partial charge in [0.15, 0.2) is 0 Å². The molecule has 1 amide bonds. The zero-order valence-electron chi connectivity index (χ0n) is 20.2. The highest BCUT2D eigenvalue weighted by Crippen LogP contribution is 2.35. The molecule has 2 N–H and O–H groups in total. The molecule has 0 aromatic heterocycles. The molecule has 190 valence electrons. The van der Waals surface area contributed by atoms with E-state index in [1.165, 1.54) is 25.3 Å². The van der Waals surface area contributed by atoms with Gasteiger partial charge in [0.25, 0.3) is 0 Å². The maximum atomic E-state index is 13.8. The number of piperazine rings is 1. The number of likely N-dealkylation sites (N-methyl/N-ethyl adjacent to an activating group) is 1. The van der Waals surface area contributed by atoms with Gasteiger partial charge in [-0.1, -0.05) is 6.07 Å². The Bertz CT molecular complexity index is 981. The van der Waals surface area contributed by atoms with Crippen molar-refractivity contribution in [1.29, 1.82) is 0 Å². The summed E-state index contributed by atoms with van der Waals surface area (Å²) in [7, 11) is 2.03. The second-order valence-electron chi connectivity index (χ2n) is 9.45. The number of alkyl halides is 3. The minimum Gasteiger partial charge on any atom is -0.372 e. The number of carbonyl (C=O) groups excluding carboxylic acids is 1. The lowest BCUT2D eigenvalue weighted by Crippen LogP contribution is -2.48. The van der Waals surface area contributed by atoms with E-state index in [2.05, 4.69) is 20.4 Å². The Kier molecular flexibility index (Phi) is 8.18. The summed E-state index contributed by atoms with van der Waals surface area (Å²) in [6, 6.07) is 12.0. The third kappa shape index (κ3) is 7.11. The Morgan fingerprint density at radius 3 is 2.20 bits per heavy atom. The monoisotopic (exact) mass is 489 g/mol. The van der Waals surface area contributed by atoms with Gasteiger partial charge in [0.2, 0.25) is 5.91 Å². The number of hydrogen-bond donors (Lipinski definition) is 2. The number of anilines is 3. The molecule has 0 radical (unpaired) electrons. The van der Waals surface area contributed by atoms with Crippen molar-refractivity contribution in [1.82, 2.24) is 15.1 Å². The summed E-state index contributed by atoms with van der Waals surface area (Å²) < 4.78 is 41.4. The maximum Gasteiger partial charge on any atom is 0.416 e. The largest absolute Gasteiger partial charge is 0.416 e. The maximum absolute atomic E-state index is 13.8. The van der Waals surface area contributed by atoms with Gasteiger partial charge in [-0.15, -0.1) is 0 Å². The van der Waals surface area contributed by atoms with Crippen molar-refractivity contribution >= 4 is 23.0 Å². The quantitative estimate of drug-likeness (QED) is 0.607. The van der Waals surface area contributed by atoms with Gasteiger partial charge in [0, 0.05) is 62.9 Å². The van der Waals surface area contributed by atoms with E-state index in [4.69, 9.17) is 0 Å². The van der Waals surface area contributed by atoms with Crippen LogP contribution in [0.15, 0.2) is 42.5 Å². The highest BCUT2D eigenvalue weighted by Gasteiger charge is 2.33. The Balaban J connectivity index is 1.38. The molecule has 0 unspecified atom stereocenters. The van der Waals surface area contributed by atoms with Crippen molar-refractivity contribution < 1.29 is 18.0 Å². The lowest BCUT2D eigenvalue weighted by molar-refractivity contribution is -0.138. The fourth-order valence-electron chi connectivity index (χ4n) is 4.61. The van der Waals surface area contributed by atoms with Crippen LogP contribution in [0.2, 0.25) is 0 Å². The Morgan fingerprint density at radius 1 is 0.886 bits per heavy atom. The first-order valence-corrected chi connectivity index (χ1v) is 12.3. The van der Waals surface area contributed by atoms with Crippen molar-refractivity contribution in [3.63, 3.8) is 0 Å². The van der Waals surface area contributed by atoms with Crippen molar-refractivity contribution in [2.45, 2.75) is 32.0 Å². The van der Waals surface area contributed by atoms with Crippen LogP contribution in [0, 0.1) is 0 Å². The fourth-order valence-corrected chi connectivity index (χ4v) is 4.61. The molecule has 0 spiro atoms. The van der Waals surface area contributed by atoms with Crippen molar-refractivity contribution in [2.24, 2.45) is 0 Å². The number of benzene rings is 2. The zero-order valence-corrected chi connectivity index (χ0v) is 20.2. The normalized spacial score (nSPS) is 17.9. The molecule has 6 nitrogen and oxygen atoms in total. The number of halogens is 3. The smallest absolute Gasteiger partial charge is 0.372 e. The summed E-state index contributed by atoms with van der Waals surface area (Å²) in [5.41, 5.74) is 1.53. The Labute approximate surface area is 205 Å². The molecular weight excluding hydrogens is 455 g/mol. The fraction of sp³-hybridized carbons (Fsp3) is 0.500. The van der Waals surface area contributed by atoms with Gasteiger partial charge in [-0.3, -0.25) is 9.69 Å². The van der Waals surface area contributed by atoms with E-state index in [-0.39, 0.29) is 24.6 Å². The van der Waals surface area contributed by atoms with Crippen LogP contribution < -0.4 is 15.5 Å². The average Bonchev–Trinajstić information content (AvgIpc) is 2.85. The number of piperidine rings is 1. The predicted molar refractivity (Wildman–Crippen MR) is 133 cm³/mol. The van der Waals surface area contributed by atoms with Crippen LogP contribution in [0.3, 0.4) is 0 Å². The topological polar surface area (TPSA) is 50.9 Å². The van der Waals surface area contributed by atoms with Crippen molar-refractivity contribution in [2.75, 3.05) is 63.1 Å². The van der Waals surface area contributed by atoms with Gasteiger partial charge in [0.05, 0.1) is 12.1 Å². The van der Waals surface area contributed by atoms with E-state index < -0.39 is 11.7 Å². The summed E-state index contributed by atoms with van der Waals surface area (Å²) in [4.78, 5) is 18.8.